The molecule has 0 saturated carbocycles. The van der Waals surface area contributed by atoms with E-state index in [0.717, 1.165) is 22.3 Å². The third-order valence-corrected chi connectivity index (χ3v) is 5.22. The molecule has 0 saturated heterocycles. The highest BCUT2D eigenvalue weighted by molar-refractivity contribution is 7.90. The van der Waals surface area contributed by atoms with Crippen molar-refractivity contribution in [2.75, 3.05) is 5.73 Å². The van der Waals surface area contributed by atoms with Crippen molar-refractivity contribution >= 4 is 15.5 Å². The Kier molecular flexibility index (Phi) is 3.86. The van der Waals surface area contributed by atoms with Crippen LogP contribution in [0, 0.1) is 20.8 Å². The molecule has 2 aromatic carbocycles. The number of anilines is 1. The predicted molar refractivity (Wildman–Crippen MR) is 82.4 cm³/mol. The van der Waals surface area contributed by atoms with Crippen LogP contribution >= 0.6 is 0 Å². The first-order valence-corrected chi connectivity index (χ1v) is 8.10. The van der Waals surface area contributed by atoms with E-state index in [0.29, 0.717) is 10.6 Å². The summed E-state index contributed by atoms with van der Waals surface area (Å²) in [5.74, 6) is 0.0227. The van der Waals surface area contributed by atoms with Gasteiger partial charge in [-0.15, -0.1) is 0 Å². The van der Waals surface area contributed by atoms with Crippen LogP contribution in [0.25, 0.3) is 0 Å². The molecule has 2 rings (SSSR count). The van der Waals surface area contributed by atoms with Gasteiger partial charge in [-0.3, -0.25) is 0 Å². The fourth-order valence-electron chi connectivity index (χ4n) is 2.19. The first-order chi connectivity index (χ1) is 9.31. The molecule has 4 heteroatoms. The summed E-state index contributed by atoms with van der Waals surface area (Å²) in [6.45, 7) is 5.69. The summed E-state index contributed by atoms with van der Waals surface area (Å²) in [5.41, 5.74) is 10.0. The number of rotatable bonds is 3. The maximum absolute atomic E-state index is 12.5. The lowest BCUT2D eigenvalue weighted by atomic mass is 10.1. The average Bonchev–Trinajstić information content (AvgIpc) is 2.37. The van der Waals surface area contributed by atoms with Crippen LogP contribution < -0.4 is 5.73 Å². The molecular weight excluding hydrogens is 270 g/mol. The van der Waals surface area contributed by atoms with Crippen LogP contribution in [0.15, 0.2) is 41.3 Å². The van der Waals surface area contributed by atoms with E-state index in [1.165, 1.54) is 0 Å². The Hall–Kier alpha value is -1.81. The Balaban J connectivity index is 2.43. The smallest absolute Gasteiger partial charge is 0.182 e. The van der Waals surface area contributed by atoms with E-state index in [4.69, 9.17) is 5.73 Å². The van der Waals surface area contributed by atoms with Gasteiger partial charge in [0.1, 0.15) is 0 Å². The molecule has 0 aliphatic carbocycles. The van der Waals surface area contributed by atoms with E-state index in [1.54, 1.807) is 18.2 Å². The molecule has 20 heavy (non-hydrogen) atoms. The van der Waals surface area contributed by atoms with E-state index in [2.05, 4.69) is 0 Å². The average molecular weight is 289 g/mol. The fourth-order valence-corrected chi connectivity index (χ4v) is 3.83. The van der Waals surface area contributed by atoms with Crippen LogP contribution in [0.3, 0.4) is 0 Å². The molecule has 0 fully saturated rings. The summed E-state index contributed by atoms with van der Waals surface area (Å²) in [4.78, 5) is 0.326. The number of nitrogens with two attached hydrogens (primary N) is 1. The van der Waals surface area contributed by atoms with Gasteiger partial charge in [-0.1, -0.05) is 18.2 Å². The minimum Gasteiger partial charge on any atom is -0.399 e. The monoisotopic (exact) mass is 289 g/mol. The Morgan fingerprint density at radius 3 is 2.10 bits per heavy atom. The predicted octanol–water partition coefficient (Wildman–Crippen LogP) is 3.17. The van der Waals surface area contributed by atoms with Gasteiger partial charge in [-0.2, -0.15) is 0 Å². The van der Waals surface area contributed by atoms with Crippen LogP contribution in [0.2, 0.25) is 0 Å². The Bertz CT molecular complexity index is 729. The molecule has 0 aliphatic heterocycles. The summed E-state index contributed by atoms with van der Waals surface area (Å²) in [5, 5.41) is 0. The van der Waals surface area contributed by atoms with Crippen molar-refractivity contribution in [3.8, 4) is 0 Å². The van der Waals surface area contributed by atoms with Crippen LogP contribution in [-0.2, 0) is 15.6 Å². The largest absolute Gasteiger partial charge is 0.399 e. The van der Waals surface area contributed by atoms with Crippen LogP contribution in [-0.4, -0.2) is 8.42 Å². The zero-order chi connectivity index (χ0) is 14.9. The van der Waals surface area contributed by atoms with Crippen molar-refractivity contribution in [3.63, 3.8) is 0 Å². The lowest BCUT2D eigenvalue weighted by Gasteiger charge is -2.11. The topological polar surface area (TPSA) is 60.2 Å². The van der Waals surface area contributed by atoms with E-state index in [-0.39, 0.29) is 5.75 Å². The van der Waals surface area contributed by atoms with Crippen molar-refractivity contribution in [2.45, 2.75) is 31.4 Å². The quantitative estimate of drug-likeness (QED) is 0.883. The third-order valence-electron chi connectivity index (χ3n) is 3.58. The van der Waals surface area contributed by atoms with Gasteiger partial charge in [0, 0.05) is 5.69 Å². The second-order valence-corrected chi connectivity index (χ2v) is 7.14. The lowest BCUT2D eigenvalue weighted by Crippen LogP contribution is -2.08. The minimum absolute atomic E-state index is 0.0227. The second-order valence-electron chi connectivity index (χ2n) is 5.15. The van der Waals surface area contributed by atoms with Gasteiger partial charge in [0.25, 0.3) is 0 Å². The molecule has 0 aromatic heterocycles. The Labute approximate surface area is 120 Å². The van der Waals surface area contributed by atoms with Crippen molar-refractivity contribution in [1.82, 2.24) is 0 Å². The second kappa shape index (κ2) is 5.29. The molecule has 0 amide bonds. The van der Waals surface area contributed by atoms with E-state index < -0.39 is 9.84 Å². The number of nitrogen functional groups attached to an aromatic ring is 1. The summed E-state index contributed by atoms with van der Waals surface area (Å²) in [7, 11) is -3.35. The SMILES string of the molecule is Cc1cc(S(=O)(=O)Cc2c(C)cccc2C)ccc1N. The standard InChI is InChI=1S/C16H19NO2S/c1-11-5-4-6-12(2)15(11)10-20(18,19)14-7-8-16(17)13(3)9-14/h4-9H,10,17H2,1-3H3. The van der Waals surface area contributed by atoms with Crippen molar-refractivity contribution in [2.24, 2.45) is 0 Å². The normalized spacial score (nSPS) is 11.6. The maximum Gasteiger partial charge on any atom is 0.182 e. The van der Waals surface area contributed by atoms with Crippen molar-refractivity contribution in [1.29, 1.82) is 0 Å². The molecule has 0 atom stereocenters. The van der Waals surface area contributed by atoms with Gasteiger partial charge >= 0.3 is 0 Å². The molecule has 106 valence electrons. The van der Waals surface area contributed by atoms with Gasteiger partial charge in [0.2, 0.25) is 0 Å². The summed E-state index contributed by atoms with van der Waals surface area (Å²) in [6.07, 6.45) is 0. The molecule has 0 unspecified atom stereocenters. The summed E-state index contributed by atoms with van der Waals surface area (Å²) in [6, 6.07) is 10.7. The Morgan fingerprint density at radius 2 is 1.55 bits per heavy atom. The molecule has 0 radical (unpaired) electrons. The van der Waals surface area contributed by atoms with E-state index in [9.17, 15) is 8.42 Å². The number of aryl methyl sites for hydroxylation is 3. The number of sulfone groups is 1. The first kappa shape index (κ1) is 14.6. The highest BCUT2D eigenvalue weighted by Gasteiger charge is 2.18. The van der Waals surface area contributed by atoms with Gasteiger partial charge in [0.15, 0.2) is 9.84 Å². The molecule has 2 aromatic rings. The fraction of sp³-hybridized carbons (Fsp3) is 0.250. The zero-order valence-electron chi connectivity index (χ0n) is 12.0. The highest BCUT2D eigenvalue weighted by Crippen LogP contribution is 2.23. The third kappa shape index (κ3) is 2.85. The molecule has 0 heterocycles. The number of benzene rings is 2. The minimum atomic E-state index is -3.35. The molecule has 0 aliphatic rings. The molecule has 0 bridgehead atoms. The van der Waals surface area contributed by atoms with Crippen LogP contribution in [0.5, 0.6) is 0 Å². The number of hydrogen-bond acceptors (Lipinski definition) is 3. The zero-order valence-corrected chi connectivity index (χ0v) is 12.8. The summed E-state index contributed by atoms with van der Waals surface area (Å²) >= 11 is 0. The van der Waals surface area contributed by atoms with Crippen molar-refractivity contribution < 1.29 is 8.42 Å². The Morgan fingerprint density at radius 1 is 0.950 bits per heavy atom. The van der Waals surface area contributed by atoms with Gasteiger partial charge in [0.05, 0.1) is 10.6 Å². The van der Waals surface area contributed by atoms with Gasteiger partial charge in [-0.25, -0.2) is 8.42 Å². The van der Waals surface area contributed by atoms with Gasteiger partial charge < -0.3 is 5.73 Å². The maximum atomic E-state index is 12.5. The van der Waals surface area contributed by atoms with Crippen molar-refractivity contribution in [3.05, 3.63) is 58.7 Å². The summed E-state index contributed by atoms with van der Waals surface area (Å²) < 4.78 is 25.1. The first-order valence-electron chi connectivity index (χ1n) is 6.45. The number of hydrogen-bond donors (Lipinski definition) is 1. The molecule has 2 N–H and O–H groups in total. The molecular formula is C16H19NO2S. The van der Waals surface area contributed by atoms with Crippen LogP contribution in [0.1, 0.15) is 22.3 Å². The molecule has 3 nitrogen and oxygen atoms in total. The van der Waals surface area contributed by atoms with Gasteiger partial charge in [-0.05, 0) is 61.2 Å². The molecule has 0 spiro atoms. The lowest BCUT2D eigenvalue weighted by molar-refractivity contribution is 0.595. The van der Waals surface area contributed by atoms with Crippen LogP contribution in [0.4, 0.5) is 5.69 Å². The van der Waals surface area contributed by atoms with E-state index >= 15 is 0 Å². The highest BCUT2D eigenvalue weighted by atomic mass is 32.2. The van der Waals surface area contributed by atoms with E-state index in [1.807, 2.05) is 39.0 Å².